The topological polar surface area (TPSA) is 3.24 Å². The van der Waals surface area contributed by atoms with Gasteiger partial charge >= 0.3 is 0 Å². The SMILES string of the molecule is c1ccc(-c2cc(-c3ccccc3)cc(N(c3ccccc3)c3cc4ccccc4c4ccccc34)c2)cc1. The van der Waals surface area contributed by atoms with Gasteiger partial charge in [-0.2, -0.15) is 0 Å². The van der Waals surface area contributed by atoms with E-state index in [9.17, 15) is 0 Å². The fraction of sp³-hybridized carbons (Fsp3) is 0. The van der Waals surface area contributed by atoms with Crippen molar-refractivity contribution in [2.45, 2.75) is 0 Å². The lowest BCUT2D eigenvalue weighted by atomic mass is 9.96. The van der Waals surface area contributed by atoms with Gasteiger partial charge in [-0.05, 0) is 74.8 Å². The molecule has 0 unspecified atom stereocenters. The Morgan fingerprint density at radius 2 is 0.795 bits per heavy atom. The predicted octanol–water partition coefficient (Wildman–Crippen LogP) is 10.8. The molecule has 0 N–H and O–H groups in total. The first kappa shape index (κ1) is 23.0. The second-order valence-electron chi connectivity index (χ2n) is 9.83. The Morgan fingerprint density at radius 1 is 0.308 bits per heavy atom. The van der Waals surface area contributed by atoms with Crippen LogP contribution in [0.15, 0.2) is 164 Å². The molecule has 0 amide bonds. The second-order valence-corrected chi connectivity index (χ2v) is 9.83. The molecule has 0 aromatic heterocycles. The average molecular weight is 498 g/mol. The molecule has 0 saturated carbocycles. The minimum Gasteiger partial charge on any atom is -0.310 e. The van der Waals surface area contributed by atoms with Gasteiger partial charge in [-0.3, -0.25) is 0 Å². The van der Waals surface area contributed by atoms with Crippen LogP contribution in [0.5, 0.6) is 0 Å². The summed E-state index contributed by atoms with van der Waals surface area (Å²) in [4.78, 5) is 2.41. The lowest BCUT2D eigenvalue weighted by Gasteiger charge is -2.28. The van der Waals surface area contributed by atoms with Crippen LogP contribution < -0.4 is 4.90 Å². The zero-order chi connectivity index (χ0) is 26.0. The van der Waals surface area contributed by atoms with Crippen LogP contribution in [0.4, 0.5) is 17.1 Å². The van der Waals surface area contributed by atoms with Gasteiger partial charge in [-0.1, -0.05) is 127 Å². The zero-order valence-electron chi connectivity index (χ0n) is 21.5. The van der Waals surface area contributed by atoms with Gasteiger partial charge in [-0.25, -0.2) is 0 Å². The third kappa shape index (κ3) is 4.35. The Labute approximate surface area is 229 Å². The summed E-state index contributed by atoms with van der Waals surface area (Å²) in [6, 6.07) is 58.7. The number of rotatable bonds is 5. The van der Waals surface area contributed by atoms with Crippen molar-refractivity contribution < 1.29 is 0 Å². The number of para-hydroxylation sites is 1. The lowest BCUT2D eigenvalue weighted by Crippen LogP contribution is -2.11. The van der Waals surface area contributed by atoms with E-state index < -0.39 is 0 Å². The van der Waals surface area contributed by atoms with E-state index in [1.165, 1.54) is 49.5 Å². The van der Waals surface area contributed by atoms with Gasteiger partial charge in [0.1, 0.15) is 0 Å². The molecule has 0 atom stereocenters. The van der Waals surface area contributed by atoms with Gasteiger partial charge in [-0.15, -0.1) is 0 Å². The molecular formula is C38H27N. The number of anilines is 3. The Balaban J connectivity index is 1.55. The van der Waals surface area contributed by atoms with Gasteiger partial charge in [0.05, 0.1) is 5.69 Å². The van der Waals surface area contributed by atoms with Gasteiger partial charge in [0.25, 0.3) is 0 Å². The van der Waals surface area contributed by atoms with E-state index in [1.54, 1.807) is 0 Å². The monoisotopic (exact) mass is 497 g/mol. The molecule has 0 bridgehead atoms. The molecule has 184 valence electrons. The highest BCUT2D eigenvalue weighted by molar-refractivity contribution is 6.14. The molecule has 0 aliphatic heterocycles. The van der Waals surface area contributed by atoms with Crippen molar-refractivity contribution in [3.8, 4) is 22.3 Å². The quantitative estimate of drug-likeness (QED) is 0.214. The Hall–Kier alpha value is -5.14. The van der Waals surface area contributed by atoms with Crippen molar-refractivity contribution in [3.63, 3.8) is 0 Å². The van der Waals surface area contributed by atoms with Crippen molar-refractivity contribution in [1.82, 2.24) is 0 Å². The average Bonchev–Trinajstić information content (AvgIpc) is 3.02. The molecule has 0 spiro atoms. The fourth-order valence-corrected chi connectivity index (χ4v) is 5.56. The first-order valence-electron chi connectivity index (χ1n) is 13.4. The summed E-state index contributed by atoms with van der Waals surface area (Å²) >= 11 is 0. The van der Waals surface area contributed by atoms with Crippen molar-refractivity contribution in [3.05, 3.63) is 164 Å². The molecule has 7 aromatic carbocycles. The van der Waals surface area contributed by atoms with E-state index >= 15 is 0 Å². The molecule has 0 aliphatic rings. The van der Waals surface area contributed by atoms with Crippen LogP contribution in [0, 0.1) is 0 Å². The molecule has 0 heterocycles. The van der Waals surface area contributed by atoms with Crippen LogP contribution in [0.2, 0.25) is 0 Å². The van der Waals surface area contributed by atoms with E-state index in [0.717, 1.165) is 11.4 Å². The highest BCUT2D eigenvalue weighted by atomic mass is 15.1. The van der Waals surface area contributed by atoms with Crippen LogP contribution in [0.1, 0.15) is 0 Å². The van der Waals surface area contributed by atoms with Gasteiger partial charge in [0.15, 0.2) is 0 Å². The smallest absolute Gasteiger partial charge is 0.0546 e. The summed E-state index contributed by atoms with van der Waals surface area (Å²) in [5.74, 6) is 0. The van der Waals surface area contributed by atoms with E-state index in [1.807, 2.05) is 0 Å². The van der Waals surface area contributed by atoms with Crippen LogP contribution in [-0.2, 0) is 0 Å². The van der Waals surface area contributed by atoms with Crippen molar-refractivity contribution in [2.24, 2.45) is 0 Å². The van der Waals surface area contributed by atoms with Crippen molar-refractivity contribution in [2.75, 3.05) is 4.90 Å². The van der Waals surface area contributed by atoms with Crippen LogP contribution in [0.3, 0.4) is 0 Å². The number of fused-ring (bicyclic) bond motifs is 3. The summed E-state index contributed by atoms with van der Waals surface area (Å²) in [5, 5.41) is 4.99. The highest BCUT2D eigenvalue weighted by Crippen LogP contribution is 2.44. The zero-order valence-corrected chi connectivity index (χ0v) is 21.5. The van der Waals surface area contributed by atoms with Gasteiger partial charge < -0.3 is 4.90 Å². The minimum atomic E-state index is 1.13. The van der Waals surface area contributed by atoms with Crippen LogP contribution >= 0.6 is 0 Å². The first-order chi connectivity index (χ1) is 19.3. The Morgan fingerprint density at radius 3 is 1.41 bits per heavy atom. The molecule has 39 heavy (non-hydrogen) atoms. The number of nitrogens with zero attached hydrogens (tertiary/aromatic N) is 1. The molecule has 0 fully saturated rings. The van der Waals surface area contributed by atoms with E-state index in [0.29, 0.717) is 0 Å². The normalized spacial score (nSPS) is 11.1. The molecule has 1 heteroatoms. The minimum absolute atomic E-state index is 1.13. The van der Waals surface area contributed by atoms with Crippen LogP contribution in [-0.4, -0.2) is 0 Å². The summed E-state index contributed by atoms with van der Waals surface area (Å²) < 4.78 is 0. The summed E-state index contributed by atoms with van der Waals surface area (Å²) in [6.45, 7) is 0. The van der Waals surface area contributed by atoms with Crippen molar-refractivity contribution >= 4 is 38.6 Å². The summed E-state index contributed by atoms with van der Waals surface area (Å²) in [6.07, 6.45) is 0. The number of hydrogen-bond donors (Lipinski definition) is 0. The largest absolute Gasteiger partial charge is 0.310 e. The maximum atomic E-state index is 2.41. The first-order valence-corrected chi connectivity index (χ1v) is 13.4. The van der Waals surface area contributed by atoms with Gasteiger partial charge in [0, 0.05) is 16.8 Å². The molecule has 0 saturated heterocycles. The lowest BCUT2D eigenvalue weighted by molar-refractivity contribution is 1.30. The summed E-state index contributed by atoms with van der Waals surface area (Å²) in [5.41, 5.74) is 8.21. The van der Waals surface area contributed by atoms with E-state index in [-0.39, 0.29) is 0 Å². The predicted molar refractivity (Wildman–Crippen MR) is 167 cm³/mol. The summed E-state index contributed by atoms with van der Waals surface area (Å²) in [7, 11) is 0. The van der Waals surface area contributed by atoms with E-state index in [4.69, 9.17) is 0 Å². The molecule has 0 radical (unpaired) electrons. The number of hydrogen-bond acceptors (Lipinski definition) is 1. The Kier molecular flexibility index (Phi) is 5.88. The number of benzene rings is 7. The standard InChI is InChI=1S/C38H27N/c1-4-14-28(15-5-1)31-24-32(29-16-6-2-7-17-29)26-34(25-31)39(33-19-8-3-9-20-33)38-27-30-18-10-11-21-35(30)36-22-12-13-23-37(36)38/h1-27H. The van der Waals surface area contributed by atoms with Crippen LogP contribution in [0.25, 0.3) is 43.8 Å². The molecule has 7 aromatic rings. The molecular weight excluding hydrogens is 470 g/mol. The van der Waals surface area contributed by atoms with Crippen molar-refractivity contribution in [1.29, 1.82) is 0 Å². The maximum Gasteiger partial charge on any atom is 0.0546 e. The third-order valence-corrected chi connectivity index (χ3v) is 7.39. The second kappa shape index (κ2) is 9.96. The maximum absolute atomic E-state index is 2.41. The van der Waals surface area contributed by atoms with Gasteiger partial charge in [0.2, 0.25) is 0 Å². The Bertz CT molecular complexity index is 1830. The third-order valence-electron chi connectivity index (χ3n) is 7.39. The molecule has 1 nitrogen and oxygen atoms in total. The molecule has 0 aliphatic carbocycles. The fourth-order valence-electron chi connectivity index (χ4n) is 5.56. The molecule has 7 rings (SSSR count). The highest BCUT2D eigenvalue weighted by Gasteiger charge is 2.19. The van der Waals surface area contributed by atoms with E-state index in [2.05, 4.69) is 169 Å².